The van der Waals surface area contributed by atoms with Crippen LogP contribution >= 0.6 is 0 Å². The number of carbonyl (C=O) groups excluding carboxylic acids is 1. The monoisotopic (exact) mass is 765 g/mol. The van der Waals surface area contributed by atoms with Gasteiger partial charge in [0, 0.05) is 74.6 Å². The SMILES string of the molecule is COc1c(CN2O[C@@H](CO)[C@H]([C@H](C)O)[C@H]2CN[C@H]2[C@@H]3C[C@]24C[C@@H]([C@@H]4C)C3(C)C)cccc1-c1cc(C(=O)N2CCN(C)C(c3ccccc3)C2)cc(N(C)C)c1. The standard InChI is InChI=1S/C46H63N5O5/c1-28-36-22-46(28)23-37(45(36,3)4)43(46)47-24-38-41(29(2)53)40(27-52)56-51(38)25-31-15-12-16-35(42(31)55-8)32-19-33(21-34(20-32)48(5)6)44(54)50-18-17-49(7)39(26-50)30-13-10-9-11-14-30/h9-16,19-21,28-29,36-41,43,47,52-53H,17-18,22-27H2,1-8H3/t28-,29-,36-,37-,38+,39?,40-,41+,43-,46-/m0/s1. The van der Waals surface area contributed by atoms with Crippen molar-refractivity contribution >= 4 is 11.6 Å². The van der Waals surface area contributed by atoms with E-state index in [0.29, 0.717) is 60.3 Å². The highest BCUT2D eigenvalue weighted by atomic mass is 16.7. The molecular formula is C46H63N5O5. The Morgan fingerprint density at radius 1 is 1.05 bits per heavy atom. The molecule has 10 nitrogen and oxygen atoms in total. The number of methoxy groups -OCH3 is 1. The van der Waals surface area contributed by atoms with Crippen LogP contribution in [-0.4, -0.2) is 116 Å². The van der Waals surface area contributed by atoms with Crippen molar-refractivity contribution in [2.24, 2.45) is 34.5 Å². The molecule has 6 aliphatic carbocycles. The topological polar surface area (TPSA) is 101 Å². The van der Waals surface area contributed by atoms with Crippen LogP contribution in [0.4, 0.5) is 5.69 Å². The van der Waals surface area contributed by atoms with Gasteiger partial charge in [0.15, 0.2) is 0 Å². The molecule has 0 aromatic heterocycles. The number of hydroxylamine groups is 2. The highest BCUT2D eigenvalue weighted by Crippen LogP contribution is 2.78. The number of benzene rings is 3. The van der Waals surface area contributed by atoms with E-state index in [1.807, 2.05) is 60.1 Å². The number of rotatable bonds is 12. The molecule has 1 amide bonds. The number of anilines is 1. The van der Waals surface area contributed by atoms with Crippen LogP contribution in [0.3, 0.4) is 0 Å². The molecular weight excluding hydrogens is 703 g/mol. The Labute approximate surface area is 333 Å². The molecule has 56 heavy (non-hydrogen) atoms. The number of nitrogens with one attached hydrogen (secondary N) is 1. The summed E-state index contributed by atoms with van der Waals surface area (Å²) < 4.78 is 6.21. The van der Waals surface area contributed by atoms with Gasteiger partial charge in [0.25, 0.3) is 5.91 Å². The molecule has 2 saturated heterocycles. The van der Waals surface area contributed by atoms with Crippen molar-refractivity contribution in [3.05, 3.63) is 83.4 Å². The van der Waals surface area contributed by atoms with Gasteiger partial charge in [-0.05, 0) is 84.7 Å². The van der Waals surface area contributed by atoms with Crippen molar-refractivity contribution < 1.29 is 24.6 Å². The average molecular weight is 766 g/mol. The van der Waals surface area contributed by atoms with Crippen LogP contribution in [0.25, 0.3) is 11.1 Å². The largest absolute Gasteiger partial charge is 0.496 e. The first-order chi connectivity index (χ1) is 26.8. The van der Waals surface area contributed by atoms with Gasteiger partial charge < -0.3 is 30.1 Å². The summed E-state index contributed by atoms with van der Waals surface area (Å²) in [4.78, 5) is 27.2. The quantitative estimate of drug-likeness (QED) is 0.215. The van der Waals surface area contributed by atoms with Crippen molar-refractivity contribution in [2.75, 3.05) is 65.9 Å². The van der Waals surface area contributed by atoms with Crippen molar-refractivity contribution in [1.29, 1.82) is 0 Å². The van der Waals surface area contributed by atoms with E-state index in [4.69, 9.17) is 9.57 Å². The number of hydrogen-bond donors (Lipinski definition) is 3. The molecule has 2 aliphatic heterocycles. The fourth-order valence-corrected chi connectivity index (χ4v) is 11.8. The summed E-state index contributed by atoms with van der Waals surface area (Å²) in [5.41, 5.74) is 6.21. The summed E-state index contributed by atoms with van der Waals surface area (Å²) in [5, 5.41) is 27.6. The van der Waals surface area contributed by atoms with Gasteiger partial charge in [-0.25, -0.2) is 0 Å². The predicted octanol–water partition coefficient (Wildman–Crippen LogP) is 5.69. The molecule has 10 heteroatoms. The van der Waals surface area contributed by atoms with Gasteiger partial charge in [0.05, 0.1) is 38.4 Å². The van der Waals surface area contributed by atoms with Crippen LogP contribution in [0, 0.1) is 34.5 Å². The lowest BCUT2D eigenvalue weighted by Crippen LogP contribution is -2.80. The maximum absolute atomic E-state index is 14.3. The third-order valence-electron chi connectivity index (χ3n) is 15.2. The van der Waals surface area contributed by atoms with E-state index in [1.165, 1.54) is 18.4 Å². The van der Waals surface area contributed by atoms with E-state index in [1.54, 1.807) is 7.11 Å². The summed E-state index contributed by atoms with van der Waals surface area (Å²) in [5.74, 6) is 2.64. The number of carbonyl (C=O) groups is 1. The molecule has 8 aliphatic rings. The molecule has 3 aromatic rings. The third kappa shape index (κ3) is 6.45. The summed E-state index contributed by atoms with van der Waals surface area (Å²) >= 11 is 0. The number of para-hydroxylation sites is 1. The molecule has 6 saturated carbocycles. The Morgan fingerprint density at radius 2 is 1.80 bits per heavy atom. The summed E-state index contributed by atoms with van der Waals surface area (Å²) in [6, 6.07) is 23.1. The minimum atomic E-state index is -0.660. The number of nitrogens with zero attached hydrogens (tertiary/aromatic N) is 4. The molecule has 3 N–H and O–H groups in total. The second-order valence-corrected chi connectivity index (χ2v) is 18.5. The Morgan fingerprint density at radius 3 is 2.45 bits per heavy atom. The van der Waals surface area contributed by atoms with Crippen LogP contribution in [0.15, 0.2) is 66.7 Å². The van der Waals surface area contributed by atoms with Crippen molar-refractivity contribution in [2.45, 2.75) is 77.4 Å². The van der Waals surface area contributed by atoms with Crippen molar-refractivity contribution in [1.82, 2.24) is 20.2 Å². The molecule has 302 valence electrons. The molecule has 3 bridgehead atoms. The molecule has 0 radical (unpaired) electrons. The lowest BCUT2D eigenvalue weighted by atomic mass is 9.26. The number of hydrogen-bond acceptors (Lipinski definition) is 9. The average Bonchev–Trinajstić information content (AvgIpc) is 3.53. The molecule has 8 fully saturated rings. The van der Waals surface area contributed by atoms with Gasteiger partial charge in [-0.2, -0.15) is 5.06 Å². The van der Waals surface area contributed by atoms with Gasteiger partial charge in [-0.15, -0.1) is 0 Å². The number of aliphatic hydroxyl groups is 2. The molecule has 3 aromatic carbocycles. The van der Waals surface area contributed by atoms with Crippen molar-refractivity contribution in [3.63, 3.8) is 0 Å². The minimum Gasteiger partial charge on any atom is -0.496 e. The highest BCUT2D eigenvalue weighted by molar-refractivity contribution is 5.97. The zero-order valence-corrected chi connectivity index (χ0v) is 34.6. The lowest BCUT2D eigenvalue weighted by molar-refractivity contribution is -0.296. The van der Waals surface area contributed by atoms with Gasteiger partial charge in [-0.1, -0.05) is 69.3 Å². The van der Waals surface area contributed by atoms with Crippen LogP contribution < -0.4 is 15.0 Å². The minimum absolute atomic E-state index is 0.0180. The predicted molar refractivity (Wildman–Crippen MR) is 220 cm³/mol. The first kappa shape index (κ1) is 39.3. The van der Waals surface area contributed by atoms with Gasteiger partial charge in [-0.3, -0.25) is 14.5 Å². The Bertz CT molecular complexity index is 1900. The maximum Gasteiger partial charge on any atom is 0.254 e. The normalized spacial score (nSPS) is 32.7. The third-order valence-corrected chi connectivity index (χ3v) is 15.2. The number of likely N-dealkylation sites (N-methyl/N-ethyl adjacent to an activating group) is 1. The Balaban J connectivity index is 1.07. The van der Waals surface area contributed by atoms with E-state index in [2.05, 4.69) is 80.5 Å². The van der Waals surface area contributed by atoms with Crippen LogP contribution in [0.1, 0.15) is 68.1 Å². The molecule has 10 atom stereocenters. The molecule has 1 spiro atoms. The van der Waals surface area contributed by atoms with Gasteiger partial charge >= 0.3 is 0 Å². The first-order valence-electron chi connectivity index (χ1n) is 20.8. The summed E-state index contributed by atoms with van der Waals surface area (Å²) in [6.07, 6.45) is 1.43. The Hall–Kier alpha value is -3.51. The van der Waals surface area contributed by atoms with E-state index >= 15 is 0 Å². The van der Waals surface area contributed by atoms with Crippen molar-refractivity contribution in [3.8, 4) is 16.9 Å². The lowest BCUT2D eigenvalue weighted by Gasteiger charge is -2.80. The fraction of sp³-hybridized carbons (Fsp3) is 0.587. The van der Waals surface area contributed by atoms with Gasteiger partial charge in [0.2, 0.25) is 0 Å². The second kappa shape index (κ2) is 15.0. The number of aliphatic hydroxyl groups excluding tert-OH is 2. The van der Waals surface area contributed by atoms with E-state index in [0.717, 1.165) is 40.8 Å². The number of piperazine rings is 1. The van der Waals surface area contributed by atoms with Gasteiger partial charge in [0.1, 0.15) is 11.9 Å². The zero-order chi connectivity index (χ0) is 39.7. The zero-order valence-electron chi connectivity index (χ0n) is 34.6. The summed E-state index contributed by atoms with van der Waals surface area (Å²) in [6.45, 7) is 12.2. The van der Waals surface area contributed by atoms with Crippen LogP contribution in [0.5, 0.6) is 5.75 Å². The number of ether oxygens (including phenoxy) is 1. The molecule has 2 heterocycles. The van der Waals surface area contributed by atoms with Crippen LogP contribution in [-0.2, 0) is 11.4 Å². The highest BCUT2D eigenvalue weighted by Gasteiger charge is 2.75. The number of amides is 1. The molecule has 1 unspecified atom stereocenters. The smallest absolute Gasteiger partial charge is 0.254 e. The van der Waals surface area contributed by atoms with E-state index < -0.39 is 12.2 Å². The maximum atomic E-state index is 14.3. The van der Waals surface area contributed by atoms with E-state index in [9.17, 15) is 15.0 Å². The fourth-order valence-electron chi connectivity index (χ4n) is 11.8. The summed E-state index contributed by atoms with van der Waals surface area (Å²) in [7, 11) is 7.82. The second-order valence-electron chi connectivity index (χ2n) is 18.5. The molecule has 11 rings (SSSR count). The van der Waals surface area contributed by atoms with Crippen LogP contribution in [0.2, 0.25) is 0 Å². The van der Waals surface area contributed by atoms with E-state index in [-0.39, 0.29) is 30.5 Å². The Kier molecular flexibility index (Phi) is 10.5. The first-order valence-corrected chi connectivity index (χ1v) is 20.8.